The van der Waals surface area contributed by atoms with Crippen LogP contribution in [0.3, 0.4) is 0 Å². The SMILES string of the molecule is COC(=O)c1ccc(Nc2cc(C(=O)Nc3ccc(Cl)cc3)ccn2)cc1. The smallest absolute Gasteiger partial charge is 0.337 e. The Hall–Kier alpha value is -3.38. The Morgan fingerprint density at radius 3 is 2.26 bits per heavy atom. The summed E-state index contributed by atoms with van der Waals surface area (Å²) in [5, 5.41) is 6.49. The van der Waals surface area contributed by atoms with E-state index in [1.165, 1.54) is 7.11 Å². The Labute approximate surface area is 161 Å². The first-order valence-electron chi connectivity index (χ1n) is 8.03. The molecule has 0 saturated heterocycles. The normalized spacial score (nSPS) is 10.1. The second-order valence-corrected chi connectivity index (χ2v) is 6.02. The molecule has 1 aromatic heterocycles. The Bertz CT molecular complexity index is 957. The third kappa shape index (κ3) is 4.83. The minimum absolute atomic E-state index is 0.260. The van der Waals surface area contributed by atoms with Crippen molar-refractivity contribution in [3.05, 3.63) is 83.0 Å². The maximum Gasteiger partial charge on any atom is 0.337 e. The molecule has 0 aliphatic carbocycles. The van der Waals surface area contributed by atoms with Crippen molar-refractivity contribution in [2.75, 3.05) is 17.7 Å². The summed E-state index contributed by atoms with van der Waals surface area (Å²) in [5.74, 6) is -0.158. The number of benzene rings is 2. The van der Waals surface area contributed by atoms with Crippen LogP contribution in [0.1, 0.15) is 20.7 Å². The van der Waals surface area contributed by atoms with Crippen molar-refractivity contribution in [1.82, 2.24) is 4.98 Å². The average Bonchev–Trinajstić information content (AvgIpc) is 2.70. The molecule has 6 nitrogen and oxygen atoms in total. The number of ether oxygens (including phenoxy) is 1. The topological polar surface area (TPSA) is 80.3 Å². The quantitative estimate of drug-likeness (QED) is 0.635. The Morgan fingerprint density at radius 2 is 1.59 bits per heavy atom. The zero-order chi connectivity index (χ0) is 19.2. The molecule has 0 aliphatic heterocycles. The summed E-state index contributed by atoms with van der Waals surface area (Å²) in [5.41, 5.74) is 2.28. The van der Waals surface area contributed by atoms with E-state index in [4.69, 9.17) is 11.6 Å². The van der Waals surface area contributed by atoms with E-state index >= 15 is 0 Å². The maximum absolute atomic E-state index is 12.4. The zero-order valence-electron chi connectivity index (χ0n) is 14.4. The van der Waals surface area contributed by atoms with Crippen LogP contribution in [0.5, 0.6) is 0 Å². The van der Waals surface area contributed by atoms with E-state index in [2.05, 4.69) is 20.4 Å². The second-order valence-electron chi connectivity index (χ2n) is 5.58. The predicted octanol–water partition coefficient (Wildman–Crippen LogP) is 4.52. The number of esters is 1. The number of pyridine rings is 1. The molecule has 7 heteroatoms. The number of nitrogens with one attached hydrogen (secondary N) is 2. The van der Waals surface area contributed by atoms with Crippen molar-refractivity contribution in [3.63, 3.8) is 0 Å². The molecule has 2 aromatic carbocycles. The van der Waals surface area contributed by atoms with Crippen LogP contribution in [0.25, 0.3) is 0 Å². The molecule has 0 saturated carbocycles. The Balaban J connectivity index is 1.70. The molecule has 0 bridgehead atoms. The van der Waals surface area contributed by atoms with E-state index in [1.54, 1.807) is 66.9 Å². The zero-order valence-corrected chi connectivity index (χ0v) is 15.2. The molecule has 0 fully saturated rings. The fourth-order valence-corrected chi connectivity index (χ4v) is 2.46. The van der Waals surface area contributed by atoms with Crippen LogP contribution >= 0.6 is 11.6 Å². The van der Waals surface area contributed by atoms with Gasteiger partial charge in [0.05, 0.1) is 12.7 Å². The van der Waals surface area contributed by atoms with Crippen LogP contribution < -0.4 is 10.6 Å². The van der Waals surface area contributed by atoms with Gasteiger partial charge >= 0.3 is 5.97 Å². The number of carbonyl (C=O) groups excluding carboxylic acids is 2. The summed E-state index contributed by atoms with van der Waals surface area (Å²) in [6, 6.07) is 16.9. The first-order chi connectivity index (χ1) is 13.0. The van der Waals surface area contributed by atoms with Gasteiger partial charge in [-0.15, -0.1) is 0 Å². The number of nitrogens with zero attached hydrogens (tertiary/aromatic N) is 1. The van der Waals surface area contributed by atoms with Gasteiger partial charge in [-0.05, 0) is 60.7 Å². The van der Waals surface area contributed by atoms with Gasteiger partial charge in [-0.2, -0.15) is 0 Å². The van der Waals surface area contributed by atoms with Crippen molar-refractivity contribution in [2.45, 2.75) is 0 Å². The number of aromatic nitrogens is 1. The lowest BCUT2D eigenvalue weighted by molar-refractivity contribution is 0.0600. The largest absolute Gasteiger partial charge is 0.465 e. The van der Waals surface area contributed by atoms with Crippen LogP contribution in [0, 0.1) is 0 Å². The minimum Gasteiger partial charge on any atom is -0.465 e. The lowest BCUT2D eigenvalue weighted by Crippen LogP contribution is -2.12. The highest BCUT2D eigenvalue weighted by Crippen LogP contribution is 2.18. The van der Waals surface area contributed by atoms with Gasteiger partial charge in [-0.3, -0.25) is 4.79 Å². The van der Waals surface area contributed by atoms with Crippen LogP contribution in [0.2, 0.25) is 5.02 Å². The summed E-state index contributed by atoms with van der Waals surface area (Å²) in [6.07, 6.45) is 1.54. The second kappa shape index (κ2) is 8.33. The highest BCUT2D eigenvalue weighted by molar-refractivity contribution is 6.30. The van der Waals surface area contributed by atoms with Crippen LogP contribution in [-0.2, 0) is 4.74 Å². The standard InChI is InChI=1S/C20H16ClN3O3/c1-27-20(26)13-2-6-16(7-3-13)23-18-12-14(10-11-22-18)19(25)24-17-8-4-15(21)5-9-17/h2-12H,1H3,(H,22,23)(H,24,25). The van der Waals surface area contributed by atoms with Gasteiger partial charge in [0.15, 0.2) is 0 Å². The van der Waals surface area contributed by atoms with Gasteiger partial charge in [0.2, 0.25) is 0 Å². The highest BCUT2D eigenvalue weighted by Gasteiger charge is 2.09. The highest BCUT2D eigenvalue weighted by atomic mass is 35.5. The Morgan fingerprint density at radius 1 is 0.926 bits per heavy atom. The first kappa shape index (κ1) is 18.4. The molecular weight excluding hydrogens is 366 g/mol. The van der Waals surface area contributed by atoms with E-state index in [9.17, 15) is 9.59 Å². The monoisotopic (exact) mass is 381 g/mol. The molecule has 2 N–H and O–H groups in total. The lowest BCUT2D eigenvalue weighted by Gasteiger charge is -2.09. The molecule has 1 heterocycles. The van der Waals surface area contributed by atoms with E-state index in [1.807, 2.05) is 0 Å². The van der Waals surface area contributed by atoms with Crippen molar-refractivity contribution >= 4 is 40.7 Å². The van der Waals surface area contributed by atoms with Crippen LogP contribution in [-0.4, -0.2) is 24.0 Å². The molecular formula is C20H16ClN3O3. The number of amides is 1. The molecule has 136 valence electrons. The van der Waals surface area contributed by atoms with Gasteiger partial charge in [-0.1, -0.05) is 11.6 Å². The molecule has 0 spiro atoms. The number of rotatable bonds is 5. The summed E-state index contributed by atoms with van der Waals surface area (Å²) >= 11 is 5.84. The number of carbonyl (C=O) groups is 2. The number of methoxy groups -OCH3 is 1. The molecule has 3 rings (SSSR count). The third-order valence-electron chi connectivity index (χ3n) is 3.70. The van der Waals surface area contributed by atoms with Crippen molar-refractivity contribution < 1.29 is 14.3 Å². The molecule has 0 atom stereocenters. The van der Waals surface area contributed by atoms with E-state index < -0.39 is 5.97 Å². The van der Waals surface area contributed by atoms with Crippen LogP contribution in [0.4, 0.5) is 17.2 Å². The van der Waals surface area contributed by atoms with Crippen LogP contribution in [0.15, 0.2) is 66.9 Å². The van der Waals surface area contributed by atoms with E-state index in [0.29, 0.717) is 27.7 Å². The predicted molar refractivity (Wildman–Crippen MR) is 105 cm³/mol. The molecule has 1 amide bonds. The average molecular weight is 382 g/mol. The van der Waals surface area contributed by atoms with Crippen molar-refractivity contribution in [1.29, 1.82) is 0 Å². The van der Waals surface area contributed by atoms with Gasteiger partial charge in [-0.25, -0.2) is 9.78 Å². The van der Waals surface area contributed by atoms with Gasteiger partial charge in [0.25, 0.3) is 5.91 Å². The molecule has 0 unspecified atom stereocenters. The number of halogens is 1. The first-order valence-corrected chi connectivity index (χ1v) is 8.41. The van der Waals surface area contributed by atoms with E-state index in [0.717, 1.165) is 5.69 Å². The molecule has 3 aromatic rings. The van der Waals surface area contributed by atoms with Crippen molar-refractivity contribution in [3.8, 4) is 0 Å². The van der Waals surface area contributed by atoms with Gasteiger partial charge in [0, 0.05) is 28.2 Å². The number of hydrogen-bond acceptors (Lipinski definition) is 5. The van der Waals surface area contributed by atoms with E-state index in [-0.39, 0.29) is 5.91 Å². The summed E-state index contributed by atoms with van der Waals surface area (Å²) in [6.45, 7) is 0. The van der Waals surface area contributed by atoms with Gasteiger partial charge < -0.3 is 15.4 Å². The summed E-state index contributed by atoms with van der Waals surface area (Å²) in [4.78, 5) is 28.1. The molecule has 0 aliphatic rings. The van der Waals surface area contributed by atoms with Crippen molar-refractivity contribution in [2.24, 2.45) is 0 Å². The summed E-state index contributed by atoms with van der Waals surface area (Å²) in [7, 11) is 1.33. The summed E-state index contributed by atoms with van der Waals surface area (Å²) < 4.78 is 4.67. The number of anilines is 3. The Kier molecular flexibility index (Phi) is 5.68. The third-order valence-corrected chi connectivity index (χ3v) is 3.95. The molecule has 27 heavy (non-hydrogen) atoms. The lowest BCUT2D eigenvalue weighted by atomic mass is 10.2. The molecule has 0 radical (unpaired) electrons. The fraction of sp³-hybridized carbons (Fsp3) is 0.0500. The maximum atomic E-state index is 12.4. The number of hydrogen-bond donors (Lipinski definition) is 2. The fourth-order valence-electron chi connectivity index (χ4n) is 2.33. The van der Waals surface area contributed by atoms with Gasteiger partial charge in [0.1, 0.15) is 5.82 Å². The minimum atomic E-state index is -0.402.